The summed E-state index contributed by atoms with van der Waals surface area (Å²) in [5, 5.41) is 2.46. The highest BCUT2D eigenvalue weighted by Crippen LogP contribution is 2.56. The van der Waals surface area contributed by atoms with E-state index in [1.54, 1.807) is 25.1 Å². The molecule has 2 aliphatic heterocycles. The second kappa shape index (κ2) is 5.90. The van der Waals surface area contributed by atoms with Crippen molar-refractivity contribution in [2.24, 2.45) is 0 Å². The highest BCUT2D eigenvalue weighted by atomic mass is 35.5. The number of hydrogen-bond donors (Lipinski definition) is 1. The summed E-state index contributed by atoms with van der Waals surface area (Å²) in [6.45, 7) is 1.62. The van der Waals surface area contributed by atoms with Crippen LogP contribution in [0.25, 0.3) is 0 Å². The van der Waals surface area contributed by atoms with Crippen molar-refractivity contribution in [3.8, 4) is 0 Å². The third-order valence-electron chi connectivity index (χ3n) is 4.56. The predicted molar refractivity (Wildman–Crippen MR) is 97.7 cm³/mol. The molecule has 1 fully saturated rings. The van der Waals surface area contributed by atoms with Crippen molar-refractivity contribution >= 4 is 46.6 Å². The van der Waals surface area contributed by atoms with Gasteiger partial charge in [0.25, 0.3) is 5.91 Å². The van der Waals surface area contributed by atoms with Gasteiger partial charge in [0.15, 0.2) is 0 Å². The number of alkyl halides is 3. The fourth-order valence-electron chi connectivity index (χ4n) is 3.40. The number of amides is 2. The number of thioether (sulfide) groups is 1. The lowest BCUT2D eigenvalue weighted by molar-refractivity contribution is -0.137. The maximum atomic E-state index is 13.2. The van der Waals surface area contributed by atoms with E-state index in [-0.39, 0.29) is 5.69 Å². The standard InChI is InChI=1S/C18H12ClF3N2O2S/c1-9-15(25)24(12-4-2-3-10(7-12)18(20,21)22)17(27-9)13-8-11(19)5-6-14(13)23-16(17)26/h2-9H,1H3,(H,23,26). The minimum atomic E-state index is -4.57. The van der Waals surface area contributed by atoms with Gasteiger partial charge < -0.3 is 5.32 Å². The molecule has 9 heteroatoms. The Morgan fingerprint density at radius 1 is 1.19 bits per heavy atom. The molecule has 0 radical (unpaired) electrons. The number of nitrogens with zero attached hydrogens (tertiary/aromatic N) is 1. The summed E-state index contributed by atoms with van der Waals surface area (Å²) in [7, 11) is 0. The molecule has 2 aromatic rings. The van der Waals surface area contributed by atoms with Crippen LogP contribution in [0, 0.1) is 0 Å². The summed E-state index contributed by atoms with van der Waals surface area (Å²) in [6, 6.07) is 9.19. The number of halogens is 4. The van der Waals surface area contributed by atoms with E-state index >= 15 is 0 Å². The largest absolute Gasteiger partial charge is 0.416 e. The maximum absolute atomic E-state index is 13.2. The van der Waals surface area contributed by atoms with Crippen LogP contribution >= 0.6 is 23.4 Å². The molecule has 2 aromatic carbocycles. The molecule has 4 rings (SSSR count). The zero-order valence-electron chi connectivity index (χ0n) is 13.8. The molecule has 2 heterocycles. The number of carbonyl (C=O) groups excluding carboxylic acids is 2. The van der Waals surface area contributed by atoms with Crippen LogP contribution in [0.5, 0.6) is 0 Å². The van der Waals surface area contributed by atoms with Gasteiger partial charge in [-0.15, -0.1) is 11.8 Å². The molecule has 27 heavy (non-hydrogen) atoms. The average Bonchev–Trinajstić information content (AvgIpc) is 3.02. The molecule has 140 valence electrons. The van der Waals surface area contributed by atoms with Gasteiger partial charge in [0, 0.05) is 22.0 Å². The minimum Gasteiger partial charge on any atom is -0.323 e. The summed E-state index contributed by atoms with van der Waals surface area (Å²) < 4.78 is 39.5. The van der Waals surface area contributed by atoms with Crippen LogP contribution in [-0.4, -0.2) is 17.1 Å². The molecule has 0 bridgehead atoms. The third-order valence-corrected chi connectivity index (χ3v) is 6.28. The monoisotopic (exact) mass is 412 g/mol. The normalized spacial score (nSPS) is 24.5. The number of fused-ring (bicyclic) bond motifs is 2. The van der Waals surface area contributed by atoms with E-state index in [1.807, 2.05) is 0 Å². The van der Waals surface area contributed by atoms with Crippen molar-refractivity contribution in [2.45, 2.75) is 23.2 Å². The molecule has 1 spiro atoms. The Labute approximate surface area is 161 Å². The molecule has 0 saturated carbocycles. The second-order valence-corrected chi connectivity index (χ2v) is 8.24. The third kappa shape index (κ3) is 2.62. The number of benzene rings is 2. The van der Waals surface area contributed by atoms with Crippen LogP contribution in [0.3, 0.4) is 0 Å². The van der Waals surface area contributed by atoms with Crippen LogP contribution < -0.4 is 10.2 Å². The summed E-state index contributed by atoms with van der Waals surface area (Å²) in [6.07, 6.45) is -4.57. The number of anilines is 2. The van der Waals surface area contributed by atoms with Crippen LogP contribution in [-0.2, 0) is 20.6 Å². The molecular formula is C18H12ClF3N2O2S. The quantitative estimate of drug-likeness (QED) is 0.742. The van der Waals surface area contributed by atoms with Crippen molar-refractivity contribution in [1.82, 2.24) is 0 Å². The molecule has 4 nitrogen and oxygen atoms in total. The van der Waals surface area contributed by atoms with Crippen molar-refractivity contribution in [2.75, 3.05) is 10.2 Å². The highest BCUT2D eigenvalue weighted by Gasteiger charge is 2.61. The van der Waals surface area contributed by atoms with Crippen LogP contribution in [0.1, 0.15) is 18.1 Å². The van der Waals surface area contributed by atoms with Gasteiger partial charge in [0.2, 0.25) is 10.8 Å². The van der Waals surface area contributed by atoms with E-state index in [1.165, 1.54) is 12.1 Å². The van der Waals surface area contributed by atoms with E-state index in [0.717, 1.165) is 28.8 Å². The van der Waals surface area contributed by atoms with Gasteiger partial charge in [-0.05, 0) is 43.3 Å². The Balaban J connectivity index is 1.94. The summed E-state index contributed by atoms with van der Waals surface area (Å²) >= 11 is 7.17. The van der Waals surface area contributed by atoms with Gasteiger partial charge in [0.1, 0.15) is 0 Å². The van der Waals surface area contributed by atoms with Crippen LogP contribution in [0.4, 0.5) is 24.5 Å². The van der Waals surface area contributed by atoms with Crippen molar-refractivity contribution < 1.29 is 22.8 Å². The topological polar surface area (TPSA) is 49.4 Å². The molecule has 2 amide bonds. The van der Waals surface area contributed by atoms with Gasteiger partial charge in [-0.2, -0.15) is 13.2 Å². The molecule has 1 N–H and O–H groups in total. The number of hydrogen-bond acceptors (Lipinski definition) is 3. The predicted octanol–water partition coefficient (Wildman–Crippen LogP) is 4.63. The van der Waals surface area contributed by atoms with Crippen molar-refractivity contribution in [3.63, 3.8) is 0 Å². The molecule has 0 aromatic heterocycles. The van der Waals surface area contributed by atoms with Crippen LogP contribution in [0.2, 0.25) is 5.02 Å². The highest BCUT2D eigenvalue weighted by molar-refractivity contribution is 8.03. The molecule has 0 aliphatic carbocycles. The van der Waals surface area contributed by atoms with Gasteiger partial charge >= 0.3 is 6.18 Å². The lowest BCUT2D eigenvalue weighted by Crippen LogP contribution is -2.47. The van der Waals surface area contributed by atoms with Crippen molar-refractivity contribution in [3.05, 3.63) is 58.6 Å². The van der Waals surface area contributed by atoms with Crippen molar-refractivity contribution in [1.29, 1.82) is 0 Å². The lowest BCUT2D eigenvalue weighted by atomic mass is 10.0. The first-order valence-corrected chi connectivity index (χ1v) is 9.21. The SMILES string of the molecule is CC1SC2(C(=O)Nc3ccc(Cl)cc32)N(c2cccc(C(F)(F)F)c2)C1=O. The minimum absolute atomic E-state index is 0.00894. The zero-order chi connectivity index (χ0) is 19.6. The van der Waals surface area contributed by atoms with Gasteiger partial charge in [-0.1, -0.05) is 17.7 Å². The smallest absolute Gasteiger partial charge is 0.323 e. The zero-order valence-corrected chi connectivity index (χ0v) is 15.4. The Morgan fingerprint density at radius 3 is 2.63 bits per heavy atom. The molecule has 2 unspecified atom stereocenters. The van der Waals surface area contributed by atoms with Crippen LogP contribution in [0.15, 0.2) is 42.5 Å². The molecule has 2 atom stereocenters. The van der Waals surface area contributed by atoms with Gasteiger partial charge in [0.05, 0.1) is 10.8 Å². The number of carbonyl (C=O) groups is 2. The first kappa shape index (κ1) is 18.2. The van der Waals surface area contributed by atoms with Gasteiger partial charge in [-0.25, -0.2) is 0 Å². The summed E-state index contributed by atoms with van der Waals surface area (Å²) in [4.78, 5) is 25.5. The Bertz CT molecular complexity index is 981. The Hall–Kier alpha value is -2.19. The number of nitrogens with one attached hydrogen (secondary N) is 1. The average molecular weight is 413 g/mol. The maximum Gasteiger partial charge on any atom is 0.416 e. The van der Waals surface area contributed by atoms with E-state index in [0.29, 0.717) is 16.3 Å². The summed E-state index contributed by atoms with van der Waals surface area (Å²) in [5.74, 6) is -0.929. The molecule has 2 aliphatic rings. The second-order valence-electron chi connectivity index (χ2n) is 6.27. The molecular weight excluding hydrogens is 401 g/mol. The first-order chi connectivity index (χ1) is 12.6. The van der Waals surface area contributed by atoms with E-state index in [9.17, 15) is 22.8 Å². The fraction of sp³-hybridized carbons (Fsp3) is 0.222. The molecule has 1 saturated heterocycles. The number of rotatable bonds is 1. The van der Waals surface area contributed by atoms with E-state index < -0.39 is 33.7 Å². The first-order valence-electron chi connectivity index (χ1n) is 7.95. The Morgan fingerprint density at radius 2 is 1.93 bits per heavy atom. The van der Waals surface area contributed by atoms with E-state index in [2.05, 4.69) is 5.32 Å². The lowest BCUT2D eigenvalue weighted by Gasteiger charge is -2.32. The Kier molecular flexibility index (Phi) is 3.98. The summed E-state index contributed by atoms with van der Waals surface area (Å²) in [5.41, 5.74) is 0.0581. The fourth-order valence-corrected chi connectivity index (χ4v) is 5.05. The van der Waals surface area contributed by atoms with Gasteiger partial charge in [-0.3, -0.25) is 14.5 Å². The van der Waals surface area contributed by atoms with E-state index in [4.69, 9.17) is 11.6 Å².